The lowest BCUT2D eigenvalue weighted by atomic mass is 9.94. The number of hydrogen-bond acceptors (Lipinski definition) is 5. The third-order valence-corrected chi connectivity index (χ3v) is 5.88. The number of aromatic nitrogens is 1. The predicted molar refractivity (Wildman–Crippen MR) is 117 cm³/mol. The molecule has 0 atom stereocenters. The molecular formula is C24H26N2O4. The standard InChI is InChI=1S/C24H22N2O4.2H2/c1-15-9-22(25-12-19(15)17-4-2-3-16(10-17)13-27)26-23(28)24(7-8-24)18-5-6-20-21(11-18)30-14-29-20;;/h2-6,9-12,27H,7-8,13-14H2,1H3,(H,25,26,28);2*1H. The van der Waals surface area contributed by atoms with E-state index >= 15 is 0 Å². The third kappa shape index (κ3) is 3.19. The number of rotatable bonds is 5. The molecule has 2 heterocycles. The Labute approximate surface area is 177 Å². The number of benzene rings is 2. The fourth-order valence-corrected chi connectivity index (χ4v) is 3.97. The van der Waals surface area contributed by atoms with Crippen LogP contribution in [0.25, 0.3) is 11.1 Å². The minimum atomic E-state index is -0.537. The van der Waals surface area contributed by atoms with E-state index in [4.69, 9.17) is 9.47 Å². The second-order valence-corrected chi connectivity index (χ2v) is 7.85. The molecule has 5 rings (SSSR count). The van der Waals surface area contributed by atoms with Crippen molar-refractivity contribution in [1.29, 1.82) is 0 Å². The summed E-state index contributed by atoms with van der Waals surface area (Å²) in [5.74, 6) is 1.89. The zero-order valence-electron chi connectivity index (χ0n) is 16.6. The van der Waals surface area contributed by atoms with Gasteiger partial charge in [-0.3, -0.25) is 4.79 Å². The molecule has 1 aliphatic heterocycles. The van der Waals surface area contributed by atoms with Gasteiger partial charge in [0.05, 0.1) is 12.0 Å². The van der Waals surface area contributed by atoms with Crippen LogP contribution in [0.15, 0.2) is 54.7 Å². The molecular weight excluding hydrogens is 380 g/mol. The van der Waals surface area contributed by atoms with Crippen molar-refractivity contribution in [2.24, 2.45) is 0 Å². The molecule has 0 saturated heterocycles. The highest BCUT2D eigenvalue weighted by molar-refractivity contribution is 6.01. The summed E-state index contributed by atoms with van der Waals surface area (Å²) < 4.78 is 10.8. The minimum absolute atomic E-state index is 0. The number of carbonyl (C=O) groups excluding carboxylic acids is 1. The summed E-state index contributed by atoms with van der Waals surface area (Å²) in [6.07, 6.45) is 3.36. The number of ether oxygens (including phenoxy) is 2. The summed E-state index contributed by atoms with van der Waals surface area (Å²) in [5.41, 5.74) is 4.22. The van der Waals surface area contributed by atoms with E-state index in [0.717, 1.165) is 40.7 Å². The first-order valence-corrected chi connectivity index (χ1v) is 9.97. The van der Waals surface area contributed by atoms with Gasteiger partial charge in [-0.1, -0.05) is 24.3 Å². The Bertz CT molecular complexity index is 1150. The summed E-state index contributed by atoms with van der Waals surface area (Å²) in [6, 6.07) is 15.3. The minimum Gasteiger partial charge on any atom is -0.454 e. The number of pyridine rings is 1. The SMILES string of the molecule is Cc1cc(NC(=O)C2(c3ccc4c(c3)OCO4)CC2)ncc1-c1cccc(CO)c1.[HH].[HH]. The third-order valence-electron chi connectivity index (χ3n) is 5.88. The van der Waals surface area contributed by atoms with E-state index in [9.17, 15) is 9.90 Å². The number of hydrogen-bond donors (Lipinski definition) is 2. The highest BCUT2D eigenvalue weighted by Gasteiger charge is 2.51. The number of aliphatic hydroxyl groups is 1. The van der Waals surface area contributed by atoms with Crippen LogP contribution in [0, 0.1) is 6.92 Å². The normalized spacial score (nSPS) is 15.7. The van der Waals surface area contributed by atoms with E-state index in [-0.39, 0.29) is 22.2 Å². The van der Waals surface area contributed by atoms with Gasteiger partial charge in [0.2, 0.25) is 12.7 Å². The first-order chi connectivity index (χ1) is 14.6. The van der Waals surface area contributed by atoms with E-state index < -0.39 is 5.41 Å². The van der Waals surface area contributed by atoms with Crippen molar-refractivity contribution in [3.8, 4) is 22.6 Å². The number of nitrogens with zero attached hydrogens (tertiary/aromatic N) is 1. The van der Waals surface area contributed by atoms with Crippen LogP contribution < -0.4 is 14.8 Å². The molecule has 0 bridgehead atoms. The van der Waals surface area contributed by atoms with Crippen molar-refractivity contribution >= 4 is 11.7 Å². The first-order valence-electron chi connectivity index (χ1n) is 9.97. The molecule has 1 amide bonds. The maximum Gasteiger partial charge on any atom is 0.236 e. The van der Waals surface area contributed by atoms with Gasteiger partial charge in [-0.25, -0.2) is 4.98 Å². The Balaban J connectivity index is 0.00000144. The van der Waals surface area contributed by atoms with Gasteiger partial charge in [0.1, 0.15) is 5.82 Å². The Morgan fingerprint density at radius 3 is 2.77 bits per heavy atom. The second-order valence-electron chi connectivity index (χ2n) is 7.85. The number of anilines is 1. The number of fused-ring (bicyclic) bond motifs is 1. The molecule has 1 aromatic heterocycles. The quantitative estimate of drug-likeness (QED) is 0.655. The highest BCUT2D eigenvalue weighted by Crippen LogP contribution is 2.51. The van der Waals surface area contributed by atoms with Crippen molar-refractivity contribution in [2.75, 3.05) is 12.1 Å². The topological polar surface area (TPSA) is 80.7 Å². The highest BCUT2D eigenvalue weighted by atomic mass is 16.7. The number of amides is 1. The van der Waals surface area contributed by atoms with E-state index in [0.29, 0.717) is 17.3 Å². The fraction of sp³-hybridized carbons (Fsp3) is 0.250. The van der Waals surface area contributed by atoms with Gasteiger partial charge >= 0.3 is 0 Å². The summed E-state index contributed by atoms with van der Waals surface area (Å²) in [7, 11) is 0. The fourth-order valence-electron chi connectivity index (χ4n) is 3.97. The summed E-state index contributed by atoms with van der Waals surface area (Å²) in [4.78, 5) is 17.6. The molecule has 6 heteroatoms. The molecule has 0 radical (unpaired) electrons. The van der Waals surface area contributed by atoms with E-state index in [2.05, 4.69) is 10.3 Å². The monoisotopic (exact) mass is 406 g/mol. The van der Waals surface area contributed by atoms with Crippen LogP contribution in [0.1, 0.15) is 32.4 Å². The maximum atomic E-state index is 13.1. The molecule has 2 aromatic carbocycles. The van der Waals surface area contributed by atoms with Gasteiger partial charge < -0.3 is 19.9 Å². The Hall–Kier alpha value is -3.38. The maximum absolute atomic E-state index is 13.1. The lowest BCUT2D eigenvalue weighted by Crippen LogP contribution is -2.28. The zero-order valence-corrected chi connectivity index (χ0v) is 16.6. The largest absolute Gasteiger partial charge is 0.454 e. The van der Waals surface area contributed by atoms with E-state index in [1.807, 2.05) is 55.5 Å². The first kappa shape index (κ1) is 18.6. The second kappa shape index (κ2) is 7.15. The van der Waals surface area contributed by atoms with Crippen LogP contribution in [0.4, 0.5) is 5.82 Å². The van der Waals surface area contributed by atoms with Gasteiger partial charge in [-0.15, -0.1) is 0 Å². The van der Waals surface area contributed by atoms with Crippen molar-refractivity contribution in [2.45, 2.75) is 31.8 Å². The average molecular weight is 406 g/mol. The molecule has 3 aromatic rings. The molecule has 156 valence electrons. The lowest BCUT2D eigenvalue weighted by Gasteiger charge is -2.17. The van der Waals surface area contributed by atoms with Crippen molar-refractivity contribution in [3.63, 3.8) is 0 Å². The lowest BCUT2D eigenvalue weighted by molar-refractivity contribution is -0.118. The average Bonchev–Trinajstić information content (AvgIpc) is 3.45. The Kier molecular flexibility index (Phi) is 4.44. The predicted octanol–water partition coefficient (Wildman–Crippen LogP) is 4.44. The molecule has 2 aliphatic rings. The van der Waals surface area contributed by atoms with Crippen molar-refractivity contribution < 1.29 is 22.2 Å². The van der Waals surface area contributed by atoms with Crippen LogP contribution in [0.2, 0.25) is 0 Å². The Morgan fingerprint density at radius 1 is 1.17 bits per heavy atom. The smallest absolute Gasteiger partial charge is 0.236 e. The molecule has 1 saturated carbocycles. The molecule has 6 nitrogen and oxygen atoms in total. The van der Waals surface area contributed by atoms with Crippen molar-refractivity contribution in [1.82, 2.24) is 4.98 Å². The van der Waals surface area contributed by atoms with E-state index in [1.54, 1.807) is 6.20 Å². The molecule has 0 spiro atoms. The van der Waals surface area contributed by atoms with Gasteiger partial charge in [0, 0.05) is 14.6 Å². The van der Waals surface area contributed by atoms with Crippen LogP contribution in [-0.4, -0.2) is 22.8 Å². The van der Waals surface area contributed by atoms with Gasteiger partial charge in [0.25, 0.3) is 0 Å². The van der Waals surface area contributed by atoms with Gasteiger partial charge in [-0.05, 0) is 66.3 Å². The van der Waals surface area contributed by atoms with Crippen LogP contribution >= 0.6 is 0 Å². The number of aryl methyl sites for hydroxylation is 1. The van der Waals surface area contributed by atoms with Gasteiger partial charge in [-0.2, -0.15) is 0 Å². The van der Waals surface area contributed by atoms with Crippen LogP contribution in [0.5, 0.6) is 11.5 Å². The number of nitrogens with one attached hydrogen (secondary N) is 1. The summed E-state index contributed by atoms with van der Waals surface area (Å²) in [6.45, 7) is 2.20. The summed E-state index contributed by atoms with van der Waals surface area (Å²) >= 11 is 0. The van der Waals surface area contributed by atoms with Crippen LogP contribution in [-0.2, 0) is 16.8 Å². The zero-order chi connectivity index (χ0) is 20.7. The molecule has 0 unspecified atom stereocenters. The number of aliphatic hydroxyl groups excluding tert-OH is 1. The van der Waals surface area contributed by atoms with E-state index in [1.165, 1.54) is 0 Å². The van der Waals surface area contributed by atoms with Gasteiger partial charge in [0.15, 0.2) is 11.5 Å². The van der Waals surface area contributed by atoms with Crippen LogP contribution in [0.3, 0.4) is 0 Å². The molecule has 1 fully saturated rings. The van der Waals surface area contributed by atoms with Crippen molar-refractivity contribution in [3.05, 3.63) is 71.4 Å². The molecule has 1 aliphatic carbocycles. The number of carbonyl (C=O) groups is 1. The summed E-state index contributed by atoms with van der Waals surface area (Å²) in [5, 5.41) is 12.4. The molecule has 2 N–H and O–H groups in total. The molecule has 30 heavy (non-hydrogen) atoms. The Morgan fingerprint density at radius 2 is 2.00 bits per heavy atom.